The maximum Gasteiger partial charge on any atom is 0.147 e. The lowest BCUT2D eigenvalue weighted by molar-refractivity contribution is -0.0826. The molecule has 0 N–H and O–H groups in total. The van der Waals surface area contributed by atoms with Gasteiger partial charge in [-0.15, -0.1) is 0 Å². The molecule has 0 radical (unpaired) electrons. The maximum atomic E-state index is 5.36. The van der Waals surface area contributed by atoms with Crippen molar-refractivity contribution in [3.05, 3.63) is 0 Å². The van der Waals surface area contributed by atoms with Crippen molar-refractivity contribution in [3.63, 3.8) is 0 Å². The van der Waals surface area contributed by atoms with Gasteiger partial charge in [0, 0.05) is 6.61 Å². The molecule has 2 heteroatoms. The van der Waals surface area contributed by atoms with E-state index in [1.165, 1.54) is 12.8 Å². The average Bonchev–Trinajstić information content (AvgIpc) is 2.01. The Hall–Kier alpha value is -0.0800. The van der Waals surface area contributed by atoms with E-state index in [1.54, 1.807) is 0 Å². The quantitative estimate of drug-likeness (QED) is 0.421. The minimum atomic E-state index is 0.349. The highest BCUT2D eigenvalue weighted by atomic mass is 16.7. The summed E-state index contributed by atoms with van der Waals surface area (Å²) in [6.07, 6.45) is 3.97. The first-order chi connectivity index (χ1) is 5.31. The molecule has 0 aliphatic heterocycles. The molecular formula is C9H20O2. The molecule has 0 aliphatic carbocycles. The molecule has 0 aromatic carbocycles. The molecule has 11 heavy (non-hydrogen) atoms. The highest BCUT2D eigenvalue weighted by Gasteiger charge is 1.99. The van der Waals surface area contributed by atoms with Gasteiger partial charge < -0.3 is 9.47 Å². The summed E-state index contributed by atoms with van der Waals surface area (Å²) in [6, 6.07) is 0. The van der Waals surface area contributed by atoms with Crippen LogP contribution in [0.25, 0.3) is 0 Å². The van der Waals surface area contributed by atoms with Crippen LogP contribution < -0.4 is 0 Å². The predicted molar refractivity (Wildman–Crippen MR) is 46.6 cm³/mol. The van der Waals surface area contributed by atoms with Gasteiger partial charge in [0.25, 0.3) is 0 Å². The number of hydrogen-bond acceptors (Lipinski definition) is 2. The molecule has 0 rings (SSSR count). The average molecular weight is 160 g/mol. The number of ether oxygens (including phenoxy) is 2. The summed E-state index contributed by atoms with van der Waals surface area (Å²) in [5, 5.41) is 0. The van der Waals surface area contributed by atoms with Crippen molar-refractivity contribution >= 4 is 0 Å². The molecule has 0 amide bonds. The second-order valence-electron chi connectivity index (χ2n) is 2.73. The van der Waals surface area contributed by atoms with Crippen LogP contribution in [0.2, 0.25) is 0 Å². The van der Waals surface area contributed by atoms with Gasteiger partial charge in [-0.1, -0.05) is 19.8 Å². The summed E-state index contributed by atoms with van der Waals surface area (Å²) in [7, 11) is 0. The van der Waals surface area contributed by atoms with E-state index in [0.717, 1.165) is 13.0 Å². The van der Waals surface area contributed by atoms with Gasteiger partial charge in [-0.2, -0.15) is 0 Å². The topological polar surface area (TPSA) is 18.5 Å². The molecule has 1 unspecified atom stereocenters. The molecule has 0 saturated carbocycles. The van der Waals surface area contributed by atoms with Gasteiger partial charge in [0.05, 0.1) is 6.10 Å². The molecule has 0 heterocycles. The molecule has 0 aromatic heterocycles. The first-order valence-electron chi connectivity index (χ1n) is 4.50. The molecule has 0 fully saturated rings. The van der Waals surface area contributed by atoms with Crippen molar-refractivity contribution < 1.29 is 9.47 Å². The van der Waals surface area contributed by atoms with Crippen molar-refractivity contribution in [2.75, 3.05) is 13.4 Å². The second-order valence-corrected chi connectivity index (χ2v) is 2.73. The van der Waals surface area contributed by atoms with E-state index in [1.807, 2.05) is 6.92 Å². The molecule has 1 atom stereocenters. The van der Waals surface area contributed by atoms with Crippen LogP contribution in [-0.4, -0.2) is 19.5 Å². The summed E-state index contributed by atoms with van der Waals surface area (Å²) in [4.78, 5) is 0. The summed E-state index contributed by atoms with van der Waals surface area (Å²) in [6.45, 7) is 7.44. The summed E-state index contributed by atoms with van der Waals surface area (Å²) < 4.78 is 10.4. The minimum Gasteiger partial charge on any atom is -0.356 e. The van der Waals surface area contributed by atoms with Gasteiger partial charge in [0.15, 0.2) is 0 Å². The van der Waals surface area contributed by atoms with Crippen LogP contribution >= 0.6 is 0 Å². The van der Waals surface area contributed by atoms with Crippen LogP contribution in [0.4, 0.5) is 0 Å². The number of unbranched alkanes of at least 4 members (excludes halogenated alkanes) is 1. The van der Waals surface area contributed by atoms with E-state index in [4.69, 9.17) is 9.47 Å². The maximum absolute atomic E-state index is 5.36. The molecule has 0 saturated heterocycles. The van der Waals surface area contributed by atoms with E-state index in [0.29, 0.717) is 12.9 Å². The highest BCUT2D eigenvalue weighted by Crippen LogP contribution is 2.03. The Morgan fingerprint density at radius 1 is 1.27 bits per heavy atom. The highest BCUT2D eigenvalue weighted by molar-refractivity contribution is 4.47. The molecule has 0 aliphatic rings. The van der Waals surface area contributed by atoms with Crippen LogP contribution in [0, 0.1) is 0 Å². The second kappa shape index (κ2) is 8.02. The van der Waals surface area contributed by atoms with E-state index < -0.39 is 0 Å². The van der Waals surface area contributed by atoms with E-state index in [-0.39, 0.29) is 0 Å². The molecule has 0 spiro atoms. The lowest BCUT2D eigenvalue weighted by Crippen LogP contribution is -2.10. The van der Waals surface area contributed by atoms with Crippen molar-refractivity contribution in [3.8, 4) is 0 Å². The molecule has 0 aromatic rings. The first-order valence-corrected chi connectivity index (χ1v) is 4.50. The summed E-state index contributed by atoms with van der Waals surface area (Å²) >= 11 is 0. The Bertz CT molecular complexity index is 74.0. The normalized spacial score (nSPS) is 13.4. The van der Waals surface area contributed by atoms with E-state index in [2.05, 4.69) is 13.8 Å². The van der Waals surface area contributed by atoms with Gasteiger partial charge in [0.2, 0.25) is 0 Å². The third kappa shape index (κ3) is 7.82. The van der Waals surface area contributed by atoms with Crippen molar-refractivity contribution in [1.29, 1.82) is 0 Å². The largest absolute Gasteiger partial charge is 0.356 e. The fraction of sp³-hybridized carbons (Fsp3) is 1.00. The van der Waals surface area contributed by atoms with Crippen LogP contribution in [0.15, 0.2) is 0 Å². The fourth-order valence-electron chi connectivity index (χ4n) is 0.823. The monoisotopic (exact) mass is 160 g/mol. The predicted octanol–water partition coefficient (Wildman–Crippen LogP) is 2.58. The van der Waals surface area contributed by atoms with Crippen molar-refractivity contribution in [2.24, 2.45) is 0 Å². The van der Waals surface area contributed by atoms with Crippen LogP contribution in [0.5, 0.6) is 0 Å². The summed E-state index contributed by atoms with van der Waals surface area (Å²) in [5.74, 6) is 0. The zero-order valence-electron chi connectivity index (χ0n) is 7.93. The SMILES string of the molecule is CCCCC(C)OCOCC. The molecular weight excluding hydrogens is 140 g/mol. The van der Waals surface area contributed by atoms with E-state index >= 15 is 0 Å². The summed E-state index contributed by atoms with van der Waals surface area (Å²) in [5.41, 5.74) is 0. The van der Waals surface area contributed by atoms with Crippen LogP contribution in [-0.2, 0) is 9.47 Å². The van der Waals surface area contributed by atoms with E-state index in [9.17, 15) is 0 Å². The van der Waals surface area contributed by atoms with Gasteiger partial charge in [0.1, 0.15) is 6.79 Å². The third-order valence-corrected chi connectivity index (χ3v) is 1.60. The Morgan fingerprint density at radius 3 is 2.55 bits per heavy atom. The molecule has 0 bridgehead atoms. The van der Waals surface area contributed by atoms with Gasteiger partial charge in [-0.3, -0.25) is 0 Å². The minimum absolute atomic E-state index is 0.349. The number of rotatable bonds is 7. The Labute approximate surface area is 69.9 Å². The van der Waals surface area contributed by atoms with Gasteiger partial charge >= 0.3 is 0 Å². The molecule has 68 valence electrons. The van der Waals surface area contributed by atoms with Crippen molar-refractivity contribution in [2.45, 2.75) is 46.1 Å². The zero-order valence-corrected chi connectivity index (χ0v) is 7.93. The number of hydrogen-bond donors (Lipinski definition) is 0. The zero-order chi connectivity index (χ0) is 8.53. The standard InChI is InChI=1S/C9H20O2/c1-4-6-7-9(3)11-8-10-5-2/h9H,4-8H2,1-3H3. The third-order valence-electron chi connectivity index (χ3n) is 1.60. The van der Waals surface area contributed by atoms with Gasteiger partial charge in [-0.05, 0) is 20.3 Å². The van der Waals surface area contributed by atoms with Crippen molar-refractivity contribution in [1.82, 2.24) is 0 Å². The fourth-order valence-corrected chi connectivity index (χ4v) is 0.823. The lowest BCUT2D eigenvalue weighted by Gasteiger charge is -2.11. The van der Waals surface area contributed by atoms with Crippen LogP contribution in [0.3, 0.4) is 0 Å². The Kier molecular flexibility index (Phi) is 7.96. The van der Waals surface area contributed by atoms with Crippen LogP contribution in [0.1, 0.15) is 40.0 Å². The first kappa shape index (κ1) is 10.9. The molecule has 2 nitrogen and oxygen atoms in total. The Morgan fingerprint density at radius 2 is 2.00 bits per heavy atom. The lowest BCUT2D eigenvalue weighted by atomic mass is 10.2. The van der Waals surface area contributed by atoms with Gasteiger partial charge in [-0.25, -0.2) is 0 Å². The smallest absolute Gasteiger partial charge is 0.147 e. The Balaban J connectivity index is 3.02.